The molecule has 0 saturated heterocycles. The predicted molar refractivity (Wildman–Crippen MR) is 86.6 cm³/mol. The van der Waals surface area contributed by atoms with E-state index in [1.165, 1.54) is 6.92 Å². The van der Waals surface area contributed by atoms with Gasteiger partial charge in [-0.1, -0.05) is 6.07 Å². The average Bonchev–Trinajstić information content (AvgIpc) is 2.93. The van der Waals surface area contributed by atoms with Gasteiger partial charge < -0.3 is 0 Å². The van der Waals surface area contributed by atoms with Crippen LogP contribution in [0.3, 0.4) is 0 Å². The maximum atomic E-state index is 13.3. The first kappa shape index (κ1) is 16.7. The van der Waals surface area contributed by atoms with Crippen LogP contribution < -0.4 is 0 Å². The Hall–Kier alpha value is -3.17. The minimum atomic E-state index is -4.74. The Bertz CT molecular complexity index is 1030. The molecule has 2 aromatic rings. The lowest BCUT2D eigenvalue weighted by Gasteiger charge is -2.26. The van der Waals surface area contributed by atoms with Crippen molar-refractivity contribution >= 4 is 22.5 Å². The molecule has 0 radical (unpaired) electrons. The van der Waals surface area contributed by atoms with Crippen LogP contribution in [0.25, 0.3) is 10.9 Å². The van der Waals surface area contributed by atoms with Gasteiger partial charge in [0.25, 0.3) is 0 Å². The van der Waals surface area contributed by atoms with Crippen molar-refractivity contribution < 1.29 is 13.2 Å². The second kappa shape index (κ2) is 5.72. The molecule has 8 heteroatoms. The van der Waals surface area contributed by atoms with Gasteiger partial charge in [-0.05, 0) is 37.4 Å². The summed E-state index contributed by atoms with van der Waals surface area (Å²) in [5, 5.41) is 24.5. The van der Waals surface area contributed by atoms with E-state index in [1.807, 2.05) is 11.9 Å². The molecule has 1 aromatic carbocycles. The Morgan fingerprint density at radius 2 is 2.00 bits per heavy atom. The van der Waals surface area contributed by atoms with E-state index in [4.69, 9.17) is 5.41 Å². The van der Waals surface area contributed by atoms with E-state index in [2.05, 4.69) is 15.2 Å². The molecule has 0 unspecified atom stereocenters. The van der Waals surface area contributed by atoms with Crippen LogP contribution in [0.1, 0.15) is 24.1 Å². The molecule has 0 bridgehead atoms. The topological polar surface area (TPSA) is 88.7 Å². The van der Waals surface area contributed by atoms with E-state index < -0.39 is 23.4 Å². The highest BCUT2D eigenvalue weighted by molar-refractivity contribution is 6.13. The molecule has 2 N–H and O–H groups in total. The van der Waals surface area contributed by atoms with Crippen molar-refractivity contribution in [1.29, 1.82) is 10.7 Å². The number of nitrogens with one attached hydrogen (secondary N) is 2. The number of nitrogens with zero attached hydrogens (tertiary/aromatic N) is 3. The van der Waals surface area contributed by atoms with Gasteiger partial charge in [0.1, 0.15) is 0 Å². The fourth-order valence-corrected chi connectivity index (χ4v) is 2.94. The van der Waals surface area contributed by atoms with Crippen LogP contribution in [0.2, 0.25) is 0 Å². The smallest absolute Gasteiger partial charge is 0.282 e. The summed E-state index contributed by atoms with van der Waals surface area (Å²) >= 11 is 0. The summed E-state index contributed by atoms with van der Waals surface area (Å²) in [5.74, 6) is 0.812. The van der Waals surface area contributed by atoms with Crippen LogP contribution in [0.5, 0.6) is 0 Å². The van der Waals surface area contributed by atoms with E-state index in [1.54, 1.807) is 25.1 Å². The van der Waals surface area contributed by atoms with Crippen molar-refractivity contribution in [2.75, 3.05) is 0 Å². The predicted octanol–water partition coefficient (Wildman–Crippen LogP) is 3.94. The molecule has 0 spiro atoms. The summed E-state index contributed by atoms with van der Waals surface area (Å²) in [4.78, 5) is 3.51. The van der Waals surface area contributed by atoms with Gasteiger partial charge in [-0.2, -0.15) is 23.5 Å². The van der Waals surface area contributed by atoms with Gasteiger partial charge in [0.15, 0.2) is 5.71 Å². The van der Waals surface area contributed by atoms with Gasteiger partial charge in [-0.25, -0.2) is 4.99 Å². The lowest BCUT2D eigenvalue weighted by Crippen LogP contribution is -2.31. The molecule has 1 atom stereocenters. The van der Waals surface area contributed by atoms with Crippen molar-refractivity contribution in [1.82, 2.24) is 10.2 Å². The second-order valence-corrected chi connectivity index (χ2v) is 5.67. The van der Waals surface area contributed by atoms with E-state index in [-0.39, 0.29) is 11.3 Å². The number of hydrogen-bond acceptors (Lipinski definition) is 4. The van der Waals surface area contributed by atoms with Crippen molar-refractivity contribution in [3.63, 3.8) is 0 Å². The molecule has 5 nitrogen and oxygen atoms in total. The quantitative estimate of drug-likeness (QED) is 0.768. The number of aliphatic imine (C=N–C) groups is 1. The lowest BCUT2D eigenvalue weighted by molar-refractivity contribution is -0.0585. The average molecular weight is 343 g/mol. The van der Waals surface area contributed by atoms with Crippen LogP contribution in [0.15, 0.2) is 40.0 Å². The Labute approximate surface area is 140 Å². The first-order valence-corrected chi connectivity index (χ1v) is 7.29. The van der Waals surface area contributed by atoms with Gasteiger partial charge in [0, 0.05) is 11.1 Å². The first-order valence-electron chi connectivity index (χ1n) is 7.29. The summed E-state index contributed by atoms with van der Waals surface area (Å²) in [6.07, 6.45) is -4.74. The number of allylic oxidation sites excluding steroid dienone is 3. The van der Waals surface area contributed by atoms with E-state index in [9.17, 15) is 18.4 Å². The molecule has 1 aromatic heterocycles. The van der Waals surface area contributed by atoms with Gasteiger partial charge in [0.05, 0.1) is 34.3 Å². The number of H-pyrrole nitrogens is 1. The summed E-state index contributed by atoms with van der Waals surface area (Å²) in [6.45, 7) is 3.15. The number of hydrogen-bond donors (Lipinski definition) is 2. The third-order valence-electron chi connectivity index (χ3n) is 4.13. The van der Waals surface area contributed by atoms with Crippen molar-refractivity contribution in [2.45, 2.75) is 25.9 Å². The molecule has 1 aliphatic rings. The Morgan fingerprint density at radius 1 is 1.28 bits per heavy atom. The number of benzene rings is 1. The fraction of sp³-hybridized carbons (Fsp3) is 0.235. The second-order valence-electron chi connectivity index (χ2n) is 5.67. The summed E-state index contributed by atoms with van der Waals surface area (Å²) < 4.78 is 40.0. The first-order chi connectivity index (χ1) is 11.8. The number of aryl methyl sites for hydroxylation is 1. The van der Waals surface area contributed by atoms with Crippen molar-refractivity contribution in [2.24, 2.45) is 4.99 Å². The Balaban J connectivity index is 2.28. The van der Waals surface area contributed by atoms with Gasteiger partial charge in [0.2, 0.25) is 0 Å². The zero-order chi connectivity index (χ0) is 18.4. The molecule has 2 heterocycles. The molecule has 3 rings (SSSR count). The van der Waals surface area contributed by atoms with Crippen LogP contribution in [-0.4, -0.2) is 28.0 Å². The standard InChI is InChI=1S/C17H12F3N5/c1-8-12(6-21)15(13(7-22)16(23-8)17(18,19)20)10-3-4-14-11(5-10)9(2)24-25-14/h3-5,15,22H,1-2H3,(H,24,25)/t15-/m1/s1. The molecule has 0 aliphatic carbocycles. The normalized spacial score (nSPS) is 18.2. The summed E-state index contributed by atoms with van der Waals surface area (Å²) in [5.41, 5.74) is 0.298. The fourth-order valence-electron chi connectivity index (χ4n) is 2.94. The molecule has 126 valence electrons. The van der Waals surface area contributed by atoms with E-state index >= 15 is 0 Å². The van der Waals surface area contributed by atoms with Crippen LogP contribution in [-0.2, 0) is 0 Å². The molecule has 0 saturated carbocycles. The molecule has 1 aliphatic heterocycles. The maximum Gasteiger partial charge on any atom is 0.434 e. The van der Waals surface area contributed by atoms with Crippen molar-refractivity contribution in [3.05, 3.63) is 46.3 Å². The minimum Gasteiger partial charge on any atom is -0.282 e. The Kier molecular flexibility index (Phi) is 3.82. The van der Waals surface area contributed by atoms with E-state index in [0.29, 0.717) is 11.1 Å². The number of aromatic nitrogens is 2. The maximum absolute atomic E-state index is 13.3. The number of aromatic amines is 1. The number of nitriles is 1. The third kappa shape index (κ3) is 2.65. The minimum absolute atomic E-state index is 0.0113. The largest absolute Gasteiger partial charge is 0.434 e. The zero-order valence-corrected chi connectivity index (χ0v) is 13.3. The summed E-state index contributed by atoms with van der Waals surface area (Å²) in [7, 11) is 0. The van der Waals surface area contributed by atoms with Crippen LogP contribution in [0, 0.1) is 23.7 Å². The Morgan fingerprint density at radius 3 is 2.60 bits per heavy atom. The molecule has 25 heavy (non-hydrogen) atoms. The third-order valence-corrected chi connectivity index (χ3v) is 4.13. The number of halogens is 3. The van der Waals surface area contributed by atoms with E-state index in [0.717, 1.165) is 11.1 Å². The van der Waals surface area contributed by atoms with Crippen LogP contribution in [0.4, 0.5) is 13.2 Å². The van der Waals surface area contributed by atoms with Gasteiger partial charge in [-0.3, -0.25) is 10.5 Å². The SMILES string of the molecule is CC1=C(C#N)[C@@H](c2ccc3n[nH]c(C)c3c2)C(=C=N)C(C(F)(F)F)=N1. The number of fused-ring (bicyclic) bond motifs is 1. The monoisotopic (exact) mass is 343 g/mol. The number of rotatable bonds is 1. The van der Waals surface area contributed by atoms with Gasteiger partial charge in [-0.15, -0.1) is 0 Å². The summed E-state index contributed by atoms with van der Waals surface area (Å²) in [6, 6.07) is 6.88. The van der Waals surface area contributed by atoms with Gasteiger partial charge >= 0.3 is 6.18 Å². The van der Waals surface area contributed by atoms with Crippen molar-refractivity contribution in [3.8, 4) is 6.07 Å². The highest BCUT2D eigenvalue weighted by Gasteiger charge is 2.44. The molecule has 0 fully saturated rings. The molecular weight excluding hydrogens is 331 g/mol. The highest BCUT2D eigenvalue weighted by atomic mass is 19.4. The van der Waals surface area contributed by atoms with Crippen LogP contribution >= 0.6 is 0 Å². The lowest BCUT2D eigenvalue weighted by atomic mass is 9.80. The highest BCUT2D eigenvalue weighted by Crippen LogP contribution is 2.41. The molecule has 0 amide bonds. The zero-order valence-electron chi connectivity index (χ0n) is 13.3. The number of alkyl halides is 3. The molecular formula is C17H12F3N5.